The molecule has 0 aliphatic carbocycles. The third-order valence-corrected chi connectivity index (χ3v) is 10.7. The number of carbonyl (C=O) groups excluding carboxylic acids is 3. The number of unbranched alkanes of at least 4 members (excludes halogenated alkanes) is 15. The number of hydrogen-bond acceptors (Lipinski definition) is 6. The second-order valence-corrected chi connectivity index (χ2v) is 17.1. The van der Waals surface area contributed by atoms with E-state index in [9.17, 15) is 14.4 Å². The zero-order valence-electron chi connectivity index (χ0n) is 43.3. The maximum Gasteiger partial charge on any atom is 0.306 e. The molecule has 0 aromatic carbocycles. The van der Waals surface area contributed by atoms with Crippen molar-refractivity contribution in [3.8, 4) is 0 Å². The van der Waals surface area contributed by atoms with Crippen LogP contribution in [0, 0.1) is 0 Å². The Kier molecular flexibility index (Phi) is 51.1. The summed E-state index contributed by atoms with van der Waals surface area (Å²) in [6.45, 7) is 6.25. The molecule has 0 saturated carbocycles. The molecular weight excluding hydrogens is 841 g/mol. The van der Waals surface area contributed by atoms with Crippen LogP contribution >= 0.6 is 0 Å². The van der Waals surface area contributed by atoms with E-state index in [1.807, 2.05) is 18.2 Å². The highest BCUT2D eigenvalue weighted by molar-refractivity contribution is 5.71. The van der Waals surface area contributed by atoms with E-state index in [1.165, 1.54) is 32.1 Å². The molecule has 0 aliphatic rings. The number of ether oxygens (including phenoxy) is 3. The van der Waals surface area contributed by atoms with Gasteiger partial charge in [0.05, 0.1) is 0 Å². The van der Waals surface area contributed by atoms with E-state index in [4.69, 9.17) is 14.2 Å². The summed E-state index contributed by atoms with van der Waals surface area (Å²) in [6.07, 6.45) is 78.4. The summed E-state index contributed by atoms with van der Waals surface area (Å²) in [5.41, 5.74) is 0. The molecule has 0 bridgehead atoms. The minimum atomic E-state index is -0.835. The van der Waals surface area contributed by atoms with Crippen molar-refractivity contribution >= 4 is 17.9 Å². The lowest BCUT2D eigenvalue weighted by molar-refractivity contribution is -0.166. The molecule has 0 spiro atoms. The van der Waals surface area contributed by atoms with Gasteiger partial charge in [-0.05, 0) is 103 Å². The van der Waals surface area contributed by atoms with E-state index in [-0.39, 0.29) is 44.0 Å². The minimum absolute atomic E-state index is 0.127. The van der Waals surface area contributed by atoms with Gasteiger partial charge in [-0.15, -0.1) is 0 Å². The Bertz CT molecular complexity index is 1540. The SMILES string of the molecule is CC/C=C/C=C/C=C/CCCCCCCC(=O)OCC(COC(=O)CC/C=C/C/C=C/C/C=C/C/C=C/C/C=C/C/C=C/CC)OC(=O)CCCCCCC/C=C/C=C/C=C/CCCCCCC. The Morgan fingerprint density at radius 2 is 0.676 bits per heavy atom. The molecule has 0 fully saturated rings. The third-order valence-electron chi connectivity index (χ3n) is 10.7. The van der Waals surface area contributed by atoms with Crippen molar-refractivity contribution in [2.75, 3.05) is 13.2 Å². The van der Waals surface area contributed by atoms with Gasteiger partial charge in [0.15, 0.2) is 6.10 Å². The molecule has 0 aromatic rings. The Morgan fingerprint density at radius 3 is 1.12 bits per heavy atom. The number of hydrogen-bond donors (Lipinski definition) is 0. The molecule has 0 radical (unpaired) electrons. The smallest absolute Gasteiger partial charge is 0.306 e. The Labute approximate surface area is 417 Å². The van der Waals surface area contributed by atoms with Crippen LogP contribution in [0.3, 0.4) is 0 Å². The van der Waals surface area contributed by atoms with Gasteiger partial charge in [0, 0.05) is 19.3 Å². The van der Waals surface area contributed by atoms with Gasteiger partial charge in [0.25, 0.3) is 0 Å². The Hall–Kier alpha value is -4.71. The normalized spacial score (nSPS) is 13.3. The summed E-state index contributed by atoms with van der Waals surface area (Å²) in [6, 6.07) is 0. The van der Waals surface area contributed by atoms with Crippen molar-refractivity contribution in [1.29, 1.82) is 0 Å². The summed E-state index contributed by atoms with van der Waals surface area (Å²) in [7, 11) is 0. The van der Waals surface area contributed by atoms with Crippen molar-refractivity contribution in [3.63, 3.8) is 0 Å². The lowest BCUT2D eigenvalue weighted by atomic mass is 10.1. The van der Waals surface area contributed by atoms with Crippen molar-refractivity contribution < 1.29 is 28.6 Å². The van der Waals surface area contributed by atoms with E-state index in [0.717, 1.165) is 128 Å². The van der Waals surface area contributed by atoms with E-state index >= 15 is 0 Å². The van der Waals surface area contributed by atoms with Crippen LogP contribution in [-0.4, -0.2) is 37.2 Å². The Balaban J connectivity index is 4.60. The highest BCUT2D eigenvalue weighted by atomic mass is 16.6. The topological polar surface area (TPSA) is 78.9 Å². The molecule has 68 heavy (non-hydrogen) atoms. The summed E-state index contributed by atoms with van der Waals surface area (Å²) >= 11 is 0. The van der Waals surface area contributed by atoms with Gasteiger partial charge in [0.1, 0.15) is 13.2 Å². The van der Waals surface area contributed by atoms with Crippen LogP contribution in [0.1, 0.15) is 207 Å². The fraction of sp³-hybridized carbons (Fsp3) is 0.565. The van der Waals surface area contributed by atoms with Gasteiger partial charge in [-0.1, -0.05) is 231 Å². The third kappa shape index (κ3) is 52.3. The van der Waals surface area contributed by atoms with Crippen molar-refractivity contribution in [3.05, 3.63) is 146 Å². The van der Waals surface area contributed by atoms with Gasteiger partial charge in [-0.3, -0.25) is 14.4 Å². The van der Waals surface area contributed by atoms with Crippen LogP contribution in [0.15, 0.2) is 146 Å². The molecule has 0 aromatic heterocycles. The quantitative estimate of drug-likeness (QED) is 0.0199. The standard InChI is InChI=1S/C62H96O6/c1-4-7-10-13-16-19-22-25-27-29-31-33-34-37-40-43-46-49-52-55-61(64)67-58-59(57-66-60(63)54-51-48-45-42-39-36-24-21-18-15-12-9-6-3)68-62(65)56-53-50-47-44-41-38-35-32-30-28-26-23-20-17-14-11-8-5-2/h7,9-10,12,15-16,18-19,21,23-28,30-33,35,37,40,46,49,59H,4-6,8,11,13-14,17,20,22,29,34,36,38-39,41-45,47-48,50-58H2,1-3H3/b10-7+,12-9+,18-15+,19-16+,24-21+,26-23+,27-25+,30-28+,33-31+,35-32+,40-37+,49-46+. The van der Waals surface area contributed by atoms with Crippen LogP contribution in [0.4, 0.5) is 0 Å². The number of carbonyl (C=O) groups is 3. The molecule has 6 heteroatoms. The number of esters is 3. The molecule has 0 N–H and O–H groups in total. The molecule has 6 nitrogen and oxygen atoms in total. The first-order chi connectivity index (χ1) is 33.5. The summed E-state index contributed by atoms with van der Waals surface area (Å²) in [5, 5.41) is 0. The molecule has 0 heterocycles. The van der Waals surface area contributed by atoms with Crippen molar-refractivity contribution in [2.24, 2.45) is 0 Å². The monoisotopic (exact) mass is 937 g/mol. The molecule has 1 unspecified atom stereocenters. The zero-order chi connectivity index (χ0) is 49.3. The highest BCUT2D eigenvalue weighted by Gasteiger charge is 2.19. The fourth-order valence-corrected chi connectivity index (χ4v) is 6.70. The molecule has 0 saturated heterocycles. The maximum atomic E-state index is 12.8. The predicted molar refractivity (Wildman–Crippen MR) is 292 cm³/mol. The van der Waals surface area contributed by atoms with Crippen LogP contribution in [-0.2, 0) is 28.6 Å². The van der Waals surface area contributed by atoms with Crippen LogP contribution in [0.5, 0.6) is 0 Å². The van der Waals surface area contributed by atoms with Crippen LogP contribution in [0.25, 0.3) is 0 Å². The summed E-state index contributed by atoms with van der Waals surface area (Å²) in [5.74, 6) is -1.06. The largest absolute Gasteiger partial charge is 0.462 e. The second-order valence-electron chi connectivity index (χ2n) is 17.1. The summed E-state index contributed by atoms with van der Waals surface area (Å²) in [4.78, 5) is 38.0. The number of rotatable bonds is 46. The first kappa shape index (κ1) is 63.3. The van der Waals surface area contributed by atoms with Crippen LogP contribution in [0.2, 0.25) is 0 Å². The van der Waals surface area contributed by atoms with Crippen molar-refractivity contribution in [1.82, 2.24) is 0 Å². The van der Waals surface area contributed by atoms with Gasteiger partial charge in [-0.25, -0.2) is 0 Å². The van der Waals surface area contributed by atoms with Crippen LogP contribution < -0.4 is 0 Å². The highest BCUT2D eigenvalue weighted by Crippen LogP contribution is 2.12. The molecule has 1 atom stereocenters. The number of allylic oxidation sites excluding steroid dienone is 24. The first-order valence-electron chi connectivity index (χ1n) is 26.9. The average Bonchev–Trinajstić information content (AvgIpc) is 3.34. The average molecular weight is 937 g/mol. The van der Waals surface area contributed by atoms with Gasteiger partial charge in [-0.2, -0.15) is 0 Å². The van der Waals surface area contributed by atoms with E-state index in [2.05, 4.69) is 148 Å². The van der Waals surface area contributed by atoms with E-state index < -0.39 is 6.10 Å². The molecular formula is C62H96O6. The van der Waals surface area contributed by atoms with Crippen molar-refractivity contribution in [2.45, 2.75) is 213 Å². The molecule has 0 amide bonds. The molecule has 380 valence electrons. The van der Waals surface area contributed by atoms with Gasteiger partial charge >= 0.3 is 17.9 Å². The van der Waals surface area contributed by atoms with Gasteiger partial charge < -0.3 is 14.2 Å². The van der Waals surface area contributed by atoms with E-state index in [0.29, 0.717) is 12.8 Å². The first-order valence-corrected chi connectivity index (χ1v) is 26.9. The minimum Gasteiger partial charge on any atom is -0.462 e. The lowest BCUT2D eigenvalue weighted by Gasteiger charge is -2.18. The Morgan fingerprint density at radius 1 is 0.324 bits per heavy atom. The molecule has 0 aliphatic heterocycles. The zero-order valence-corrected chi connectivity index (χ0v) is 43.3. The van der Waals surface area contributed by atoms with E-state index in [1.54, 1.807) is 0 Å². The summed E-state index contributed by atoms with van der Waals surface area (Å²) < 4.78 is 16.7. The lowest BCUT2D eigenvalue weighted by Crippen LogP contribution is -2.30. The van der Waals surface area contributed by atoms with Gasteiger partial charge in [0.2, 0.25) is 0 Å². The molecule has 0 rings (SSSR count). The second kappa shape index (κ2) is 54.9. The maximum absolute atomic E-state index is 12.8. The predicted octanol–water partition coefficient (Wildman–Crippen LogP) is 18.0. The fourth-order valence-electron chi connectivity index (χ4n) is 6.70.